The van der Waals surface area contributed by atoms with Gasteiger partial charge >= 0.3 is 5.97 Å². The van der Waals surface area contributed by atoms with Crippen molar-refractivity contribution in [1.29, 1.82) is 5.26 Å². The first-order valence-corrected chi connectivity index (χ1v) is 8.35. The summed E-state index contributed by atoms with van der Waals surface area (Å²) in [6.45, 7) is 1.03. The van der Waals surface area contributed by atoms with E-state index in [4.69, 9.17) is 14.7 Å². The number of hydrogen-bond acceptors (Lipinski definition) is 6. The molecule has 28 heavy (non-hydrogen) atoms. The number of esters is 1. The Morgan fingerprint density at radius 1 is 1.14 bits per heavy atom. The van der Waals surface area contributed by atoms with Crippen LogP contribution in [0.2, 0.25) is 0 Å². The van der Waals surface area contributed by atoms with Crippen LogP contribution in [0.5, 0.6) is 5.75 Å². The number of amides is 2. The number of benzene rings is 2. The Morgan fingerprint density at radius 3 is 2.50 bits per heavy atom. The van der Waals surface area contributed by atoms with E-state index in [0.29, 0.717) is 22.6 Å². The van der Waals surface area contributed by atoms with Gasteiger partial charge in [0, 0.05) is 11.3 Å². The minimum atomic E-state index is -1.06. The number of anilines is 1. The summed E-state index contributed by atoms with van der Waals surface area (Å²) in [5.74, 6) is -1.23. The van der Waals surface area contributed by atoms with Crippen molar-refractivity contribution >= 4 is 23.5 Å². The van der Waals surface area contributed by atoms with Gasteiger partial charge in [-0.1, -0.05) is 6.07 Å². The van der Waals surface area contributed by atoms with E-state index < -0.39 is 23.9 Å². The van der Waals surface area contributed by atoms with Gasteiger partial charge in [-0.15, -0.1) is 0 Å². The number of methoxy groups -OCH3 is 1. The SMILES string of the molecule is COc1cccc(C(=O)NCC(=O)O[C@@H](C)C(=O)Nc2ccc(C#N)cc2)c1. The van der Waals surface area contributed by atoms with Crippen molar-refractivity contribution < 1.29 is 23.9 Å². The van der Waals surface area contributed by atoms with Gasteiger partial charge in [0.05, 0.1) is 18.7 Å². The molecule has 0 aromatic heterocycles. The number of nitriles is 1. The number of hydrogen-bond donors (Lipinski definition) is 2. The van der Waals surface area contributed by atoms with Crippen LogP contribution in [-0.2, 0) is 14.3 Å². The highest BCUT2D eigenvalue weighted by Crippen LogP contribution is 2.12. The van der Waals surface area contributed by atoms with E-state index in [0.717, 1.165) is 0 Å². The molecule has 0 aliphatic heterocycles. The van der Waals surface area contributed by atoms with Crippen molar-refractivity contribution in [2.75, 3.05) is 19.0 Å². The Bertz CT molecular complexity index is 903. The standard InChI is InChI=1S/C20H19N3O5/c1-13(19(25)23-16-8-6-14(11-21)7-9-16)28-18(24)12-22-20(26)15-4-3-5-17(10-15)27-2/h3-10,13H,12H2,1-2H3,(H,22,26)(H,23,25)/t13-/m0/s1. The Hall–Kier alpha value is -3.86. The number of rotatable bonds is 7. The van der Waals surface area contributed by atoms with E-state index in [-0.39, 0.29) is 6.54 Å². The molecule has 1 atom stereocenters. The number of nitrogens with one attached hydrogen (secondary N) is 2. The van der Waals surface area contributed by atoms with Crippen molar-refractivity contribution in [3.8, 4) is 11.8 Å². The predicted molar refractivity (Wildman–Crippen MR) is 101 cm³/mol. The highest BCUT2D eigenvalue weighted by molar-refractivity contribution is 5.97. The fourth-order valence-electron chi connectivity index (χ4n) is 2.18. The predicted octanol–water partition coefficient (Wildman–Crippen LogP) is 1.87. The largest absolute Gasteiger partial charge is 0.497 e. The second-order valence-corrected chi connectivity index (χ2v) is 5.73. The maximum Gasteiger partial charge on any atom is 0.326 e. The fraction of sp³-hybridized carbons (Fsp3) is 0.200. The second-order valence-electron chi connectivity index (χ2n) is 5.73. The van der Waals surface area contributed by atoms with Crippen LogP contribution < -0.4 is 15.4 Å². The van der Waals surface area contributed by atoms with Crippen molar-refractivity contribution in [2.45, 2.75) is 13.0 Å². The summed E-state index contributed by atoms with van der Waals surface area (Å²) >= 11 is 0. The molecular weight excluding hydrogens is 362 g/mol. The molecular formula is C20H19N3O5. The number of carbonyl (C=O) groups is 3. The van der Waals surface area contributed by atoms with Crippen molar-refractivity contribution in [1.82, 2.24) is 5.32 Å². The summed E-state index contributed by atoms with van der Waals surface area (Å²) in [4.78, 5) is 36.0. The van der Waals surface area contributed by atoms with E-state index in [1.165, 1.54) is 20.1 Å². The lowest BCUT2D eigenvalue weighted by molar-refractivity contribution is -0.152. The smallest absolute Gasteiger partial charge is 0.326 e. The van der Waals surface area contributed by atoms with Crippen LogP contribution in [0.15, 0.2) is 48.5 Å². The molecule has 0 unspecified atom stereocenters. The highest BCUT2D eigenvalue weighted by atomic mass is 16.5. The van der Waals surface area contributed by atoms with Crippen LogP contribution >= 0.6 is 0 Å². The van der Waals surface area contributed by atoms with Gasteiger partial charge in [-0.3, -0.25) is 14.4 Å². The summed E-state index contributed by atoms with van der Waals surface area (Å²) in [6.07, 6.45) is -1.06. The van der Waals surface area contributed by atoms with Crippen LogP contribution in [0.25, 0.3) is 0 Å². The lowest BCUT2D eigenvalue weighted by Crippen LogP contribution is -2.35. The summed E-state index contributed by atoms with van der Waals surface area (Å²) in [5.41, 5.74) is 1.27. The normalized spacial score (nSPS) is 10.9. The molecule has 0 heterocycles. The minimum Gasteiger partial charge on any atom is -0.497 e. The Morgan fingerprint density at radius 2 is 1.86 bits per heavy atom. The number of carbonyl (C=O) groups excluding carboxylic acids is 3. The van der Waals surface area contributed by atoms with Gasteiger partial charge in [-0.2, -0.15) is 5.26 Å². The maximum atomic E-state index is 12.1. The van der Waals surface area contributed by atoms with Crippen molar-refractivity contribution in [3.05, 3.63) is 59.7 Å². The molecule has 2 aromatic rings. The average molecular weight is 381 g/mol. The van der Waals surface area contributed by atoms with Crippen molar-refractivity contribution in [2.24, 2.45) is 0 Å². The summed E-state index contributed by atoms with van der Waals surface area (Å²) in [7, 11) is 1.48. The van der Waals surface area contributed by atoms with E-state index in [9.17, 15) is 14.4 Å². The molecule has 2 aromatic carbocycles. The first-order valence-electron chi connectivity index (χ1n) is 8.35. The third kappa shape index (κ3) is 5.85. The molecule has 0 aliphatic rings. The zero-order chi connectivity index (χ0) is 20.5. The molecule has 0 aliphatic carbocycles. The van der Waals surface area contributed by atoms with Crippen LogP contribution in [0.3, 0.4) is 0 Å². The molecule has 0 saturated heterocycles. The topological polar surface area (TPSA) is 118 Å². The fourth-order valence-corrected chi connectivity index (χ4v) is 2.18. The molecule has 0 saturated carbocycles. The van der Waals surface area contributed by atoms with Gasteiger partial charge < -0.3 is 20.1 Å². The van der Waals surface area contributed by atoms with Gasteiger partial charge in [-0.05, 0) is 49.4 Å². The molecule has 0 spiro atoms. The van der Waals surface area contributed by atoms with Gasteiger partial charge in [0.2, 0.25) is 0 Å². The number of nitrogens with zero attached hydrogens (tertiary/aromatic N) is 1. The third-order valence-electron chi connectivity index (χ3n) is 3.68. The molecule has 144 valence electrons. The minimum absolute atomic E-state index is 0.332. The molecule has 0 radical (unpaired) electrons. The molecule has 0 bridgehead atoms. The van der Waals surface area contributed by atoms with Gasteiger partial charge in [0.25, 0.3) is 11.8 Å². The average Bonchev–Trinajstić information content (AvgIpc) is 2.72. The molecule has 8 heteroatoms. The summed E-state index contributed by atoms with van der Waals surface area (Å²) < 4.78 is 10.1. The Balaban J connectivity index is 1.81. The van der Waals surface area contributed by atoms with Crippen LogP contribution in [0, 0.1) is 11.3 Å². The summed E-state index contributed by atoms with van der Waals surface area (Å²) in [6, 6.07) is 14.7. The molecule has 2 amide bonds. The first kappa shape index (κ1) is 20.5. The zero-order valence-electron chi connectivity index (χ0n) is 15.4. The Labute approximate surface area is 162 Å². The van der Waals surface area contributed by atoms with Crippen molar-refractivity contribution in [3.63, 3.8) is 0 Å². The maximum absolute atomic E-state index is 12.1. The van der Waals surface area contributed by atoms with Crippen LogP contribution in [0.4, 0.5) is 5.69 Å². The molecule has 0 fully saturated rings. The highest BCUT2D eigenvalue weighted by Gasteiger charge is 2.18. The molecule has 8 nitrogen and oxygen atoms in total. The van der Waals surface area contributed by atoms with Gasteiger partial charge in [0.15, 0.2) is 6.10 Å². The third-order valence-corrected chi connectivity index (χ3v) is 3.68. The zero-order valence-corrected chi connectivity index (χ0v) is 15.4. The van der Waals surface area contributed by atoms with Crippen LogP contribution in [-0.4, -0.2) is 37.5 Å². The number of ether oxygens (including phenoxy) is 2. The first-order chi connectivity index (χ1) is 13.4. The monoisotopic (exact) mass is 381 g/mol. The van der Waals surface area contributed by atoms with E-state index >= 15 is 0 Å². The quantitative estimate of drug-likeness (QED) is 0.707. The van der Waals surface area contributed by atoms with E-state index in [1.54, 1.807) is 42.5 Å². The lowest BCUT2D eigenvalue weighted by Gasteiger charge is -2.14. The van der Waals surface area contributed by atoms with E-state index in [1.807, 2.05) is 6.07 Å². The van der Waals surface area contributed by atoms with E-state index in [2.05, 4.69) is 10.6 Å². The van der Waals surface area contributed by atoms with Crippen LogP contribution in [0.1, 0.15) is 22.8 Å². The molecule has 2 N–H and O–H groups in total. The lowest BCUT2D eigenvalue weighted by atomic mass is 10.2. The van der Waals surface area contributed by atoms with Gasteiger partial charge in [0.1, 0.15) is 12.3 Å². The second kappa shape index (κ2) is 9.73. The van der Waals surface area contributed by atoms with Gasteiger partial charge in [-0.25, -0.2) is 0 Å². The molecule has 2 rings (SSSR count). The Kier molecular flexibility index (Phi) is 7.11. The summed E-state index contributed by atoms with van der Waals surface area (Å²) in [5, 5.41) is 13.8.